The second-order valence-corrected chi connectivity index (χ2v) is 5.69. The average molecular weight is 254 g/mol. The van der Waals surface area contributed by atoms with E-state index in [1.807, 2.05) is 0 Å². The molecule has 2 fully saturated rings. The third kappa shape index (κ3) is 5.65. The normalized spacial score (nSPS) is 25.7. The standard InChI is InChI=1S/C14H30N4/c1-2-11-18(12-3-1)13-5-9-16-17-10-7-14-6-4-8-15-14/h14-17H,1-13H2. The van der Waals surface area contributed by atoms with Crippen LogP contribution in [0, 0.1) is 0 Å². The first-order chi connectivity index (χ1) is 8.95. The molecule has 2 saturated heterocycles. The summed E-state index contributed by atoms with van der Waals surface area (Å²) in [5, 5.41) is 3.53. The molecule has 0 radical (unpaired) electrons. The van der Waals surface area contributed by atoms with Gasteiger partial charge in [-0.2, -0.15) is 0 Å². The summed E-state index contributed by atoms with van der Waals surface area (Å²) in [4.78, 5) is 2.60. The molecule has 0 aromatic heterocycles. The molecule has 0 aromatic rings. The first-order valence-corrected chi connectivity index (χ1v) is 7.86. The van der Waals surface area contributed by atoms with Gasteiger partial charge in [-0.15, -0.1) is 0 Å². The maximum atomic E-state index is 3.53. The molecular formula is C14H30N4. The SMILES string of the molecule is C1CCN(CCCNNCCC2CCCN2)CC1. The van der Waals surface area contributed by atoms with Crippen molar-refractivity contribution in [2.75, 3.05) is 39.3 Å². The maximum absolute atomic E-state index is 3.53. The van der Waals surface area contributed by atoms with E-state index in [0.29, 0.717) is 0 Å². The second kappa shape index (κ2) is 8.86. The van der Waals surface area contributed by atoms with Crippen molar-refractivity contribution >= 4 is 0 Å². The highest BCUT2D eigenvalue weighted by molar-refractivity contribution is 4.74. The summed E-state index contributed by atoms with van der Waals surface area (Å²) in [5.74, 6) is 0. The van der Waals surface area contributed by atoms with Gasteiger partial charge in [-0.1, -0.05) is 6.42 Å². The van der Waals surface area contributed by atoms with Gasteiger partial charge in [-0.3, -0.25) is 10.9 Å². The van der Waals surface area contributed by atoms with Crippen molar-refractivity contribution in [2.24, 2.45) is 0 Å². The van der Waals surface area contributed by atoms with E-state index in [2.05, 4.69) is 21.1 Å². The van der Waals surface area contributed by atoms with Crippen LogP contribution in [-0.4, -0.2) is 50.2 Å². The molecule has 2 rings (SSSR count). The Bertz CT molecular complexity index is 198. The molecule has 18 heavy (non-hydrogen) atoms. The van der Waals surface area contributed by atoms with Gasteiger partial charge in [0.15, 0.2) is 0 Å². The van der Waals surface area contributed by atoms with Crippen LogP contribution in [0.5, 0.6) is 0 Å². The second-order valence-electron chi connectivity index (χ2n) is 5.69. The molecule has 0 spiro atoms. The zero-order valence-electron chi connectivity index (χ0n) is 11.7. The van der Waals surface area contributed by atoms with Crippen molar-refractivity contribution in [3.8, 4) is 0 Å². The summed E-state index contributed by atoms with van der Waals surface area (Å²) in [6.45, 7) is 7.30. The fraction of sp³-hybridized carbons (Fsp3) is 1.00. The average Bonchev–Trinajstić information content (AvgIpc) is 2.92. The molecule has 4 nitrogen and oxygen atoms in total. The Morgan fingerprint density at radius 1 is 1.00 bits per heavy atom. The van der Waals surface area contributed by atoms with Gasteiger partial charge in [0.2, 0.25) is 0 Å². The Morgan fingerprint density at radius 2 is 1.83 bits per heavy atom. The number of rotatable bonds is 8. The summed E-state index contributed by atoms with van der Waals surface area (Å²) in [7, 11) is 0. The lowest BCUT2D eigenvalue weighted by molar-refractivity contribution is 0.224. The van der Waals surface area contributed by atoms with Crippen LogP contribution in [0.2, 0.25) is 0 Å². The Morgan fingerprint density at radius 3 is 2.61 bits per heavy atom. The molecule has 0 bridgehead atoms. The molecule has 0 amide bonds. The van der Waals surface area contributed by atoms with Crippen LogP contribution >= 0.6 is 0 Å². The molecule has 2 aliphatic rings. The smallest absolute Gasteiger partial charge is 0.0115 e. The minimum atomic E-state index is 0.757. The molecule has 1 unspecified atom stereocenters. The lowest BCUT2D eigenvalue weighted by Crippen LogP contribution is -2.38. The van der Waals surface area contributed by atoms with E-state index in [4.69, 9.17) is 0 Å². The van der Waals surface area contributed by atoms with Crippen LogP contribution in [0.25, 0.3) is 0 Å². The fourth-order valence-corrected chi connectivity index (χ4v) is 3.00. The van der Waals surface area contributed by atoms with Gasteiger partial charge in [0, 0.05) is 19.1 Å². The summed E-state index contributed by atoms with van der Waals surface area (Å²) in [6.07, 6.45) is 9.46. The lowest BCUT2D eigenvalue weighted by Gasteiger charge is -2.26. The van der Waals surface area contributed by atoms with E-state index in [9.17, 15) is 0 Å². The molecule has 0 aliphatic carbocycles. The minimum absolute atomic E-state index is 0.757. The minimum Gasteiger partial charge on any atom is -0.314 e. The first kappa shape index (κ1) is 14.3. The fourth-order valence-electron chi connectivity index (χ4n) is 3.00. The van der Waals surface area contributed by atoms with Crippen LogP contribution in [0.3, 0.4) is 0 Å². The predicted molar refractivity (Wildman–Crippen MR) is 76.6 cm³/mol. The topological polar surface area (TPSA) is 39.3 Å². The molecule has 2 heterocycles. The number of hydrogen-bond acceptors (Lipinski definition) is 4. The summed E-state index contributed by atoms with van der Waals surface area (Å²) < 4.78 is 0. The third-order valence-electron chi connectivity index (χ3n) is 4.13. The number of nitrogens with zero attached hydrogens (tertiary/aromatic N) is 1. The molecule has 0 saturated carbocycles. The summed E-state index contributed by atoms with van der Waals surface area (Å²) >= 11 is 0. The lowest BCUT2D eigenvalue weighted by atomic mass is 10.1. The number of hydrazine groups is 1. The van der Waals surface area contributed by atoms with E-state index >= 15 is 0 Å². The maximum Gasteiger partial charge on any atom is 0.0115 e. The number of piperidine rings is 1. The van der Waals surface area contributed by atoms with Crippen LogP contribution in [0.1, 0.15) is 44.9 Å². The van der Waals surface area contributed by atoms with Crippen molar-refractivity contribution in [2.45, 2.75) is 51.0 Å². The molecule has 4 heteroatoms. The largest absolute Gasteiger partial charge is 0.314 e. The Labute approximate surface area is 112 Å². The first-order valence-electron chi connectivity index (χ1n) is 7.86. The van der Waals surface area contributed by atoms with Gasteiger partial charge in [-0.05, 0) is 64.7 Å². The van der Waals surface area contributed by atoms with Gasteiger partial charge in [0.05, 0.1) is 0 Å². The number of likely N-dealkylation sites (tertiary alicyclic amines) is 1. The van der Waals surface area contributed by atoms with Crippen molar-refractivity contribution in [1.29, 1.82) is 0 Å². The Balaban J connectivity index is 1.35. The number of hydrogen-bond donors (Lipinski definition) is 3. The van der Waals surface area contributed by atoms with Crippen LogP contribution in [0.15, 0.2) is 0 Å². The van der Waals surface area contributed by atoms with Gasteiger partial charge >= 0.3 is 0 Å². The third-order valence-corrected chi connectivity index (χ3v) is 4.13. The van der Waals surface area contributed by atoms with Crippen molar-refractivity contribution < 1.29 is 0 Å². The highest BCUT2D eigenvalue weighted by Gasteiger charge is 2.12. The summed E-state index contributed by atoms with van der Waals surface area (Å²) in [6, 6.07) is 0.757. The van der Waals surface area contributed by atoms with Crippen molar-refractivity contribution in [3.63, 3.8) is 0 Å². The van der Waals surface area contributed by atoms with Gasteiger partial charge in [0.1, 0.15) is 0 Å². The quantitative estimate of drug-likeness (QED) is 0.448. The molecule has 3 N–H and O–H groups in total. The molecule has 2 aliphatic heterocycles. The molecule has 0 aromatic carbocycles. The zero-order valence-corrected chi connectivity index (χ0v) is 11.7. The molecule has 106 valence electrons. The van der Waals surface area contributed by atoms with Gasteiger partial charge in [-0.25, -0.2) is 0 Å². The molecular weight excluding hydrogens is 224 g/mol. The predicted octanol–water partition coefficient (Wildman–Crippen LogP) is 1.10. The summed E-state index contributed by atoms with van der Waals surface area (Å²) in [5.41, 5.74) is 6.69. The van der Waals surface area contributed by atoms with E-state index in [1.54, 1.807) is 0 Å². The number of nitrogens with one attached hydrogen (secondary N) is 3. The highest BCUT2D eigenvalue weighted by Crippen LogP contribution is 2.08. The van der Waals surface area contributed by atoms with Crippen LogP contribution < -0.4 is 16.2 Å². The highest BCUT2D eigenvalue weighted by atomic mass is 15.3. The Kier molecular flexibility index (Phi) is 7.01. The van der Waals surface area contributed by atoms with E-state index in [-0.39, 0.29) is 0 Å². The van der Waals surface area contributed by atoms with E-state index in [0.717, 1.165) is 19.1 Å². The van der Waals surface area contributed by atoms with Crippen molar-refractivity contribution in [1.82, 2.24) is 21.1 Å². The monoisotopic (exact) mass is 254 g/mol. The zero-order chi connectivity index (χ0) is 12.5. The van der Waals surface area contributed by atoms with Crippen LogP contribution in [0.4, 0.5) is 0 Å². The van der Waals surface area contributed by atoms with Gasteiger partial charge in [0.25, 0.3) is 0 Å². The van der Waals surface area contributed by atoms with E-state index in [1.165, 1.54) is 71.1 Å². The molecule has 1 atom stereocenters. The van der Waals surface area contributed by atoms with E-state index < -0.39 is 0 Å². The van der Waals surface area contributed by atoms with Gasteiger partial charge < -0.3 is 10.2 Å². The van der Waals surface area contributed by atoms with Crippen LogP contribution in [-0.2, 0) is 0 Å². The Hall–Kier alpha value is -0.160. The van der Waals surface area contributed by atoms with Crippen molar-refractivity contribution in [3.05, 3.63) is 0 Å².